The van der Waals surface area contributed by atoms with Gasteiger partial charge in [0.25, 0.3) is 10.9 Å². The molecule has 100 valence electrons. The summed E-state index contributed by atoms with van der Waals surface area (Å²) >= 11 is 1.38. The first-order valence-electron chi connectivity index (χ1n) is 5.87. The van der Waals surface area contributed by atoms with E-state index in [1.165, 1.54) is 17.8 Å². The molecule has 0 N–H and O–H groups in total. The van der Waals surface area contributed by atoms with Crippen LogP contribution < -0.4 is 0 Å². The van der Waals surface area contributed by atoms with Crippen LogP contribution in [0.15, 0.2) is 33.9 Å². The Balaban J connectivity index is 1.97. The minimum atomic E-state index is -0.403. The van der Waals surface area contributed by atoms with Crippen molar-refractivity contribution in [2.45, 2.75) is 30.7 Å². The molecule has 0 atom stereocenters. The summed E-state index contributed by atoms with van der Waals surface area (Å²) in [6, 6.07) is 6.53. The maximum Gasteiger partial charge on any atom is 0.276 e. The van der Waals surface area contributed by atoms with E-state index in [9.17, 15) is 10.1 Å². The van der Waals surface area contributed by atoms with Crippen molar-refractivity contribution < 1.29 is 9.34 Å². The van der Waals surface area contributed by atoms with Gasteiger partial charge in [-0.2, -0.15) is 0 Å². The van der Waals surface area contributed by atoms with E-state index >= 15 is 0 Å². The van der Waals surface area contributed by atoms with Crippen LogP contribution in [0.1, 0.15) is 24.8 Å². The lowest BCUT2D eigenvalue weighted by molar-refractivity contribution is -0.384. The molecule has 0 amide bonds. The highest BCUT2D eigenvalue weighted by molar-refractivity contribution is 7.98. The quantitative estimate of drug-likeness (QED) is 0.458. The third-order valence-electron chi connectivity index (χ3n) is 2.40. The van der Waals surface area contributed by atoms with Gasteiger partial charge in [-0.25, -0.2) is 0 Å². The minimum absolute atomic E-state index is 0.0929. The van der Waals surface area contributed by atoms with Crippen LogP contribution in [0.3, 0.4) is 0 Å². The number of hydrogen-bond acceptors (Lipinski definition) is 6. The summed E-state index contributed by atoms with van der Waals surface area (Å²) in [7, 11) is 0. The molecule has 0 aliphatic carbocycles. The third kappa shape index (κ3) is 3.78. The zero-order valence-electron chi connectivity index (χ0n) is 10.4. The smallest absolute Gasteiger partial charge is 0.276 e. The molecule has 0 radical (unpaired) electrons. The van der Waals surface area contributed by atoms with Crippen molar-refractivity contribution >= 4 is 17.4 Å². The number of nitrogens with zero attached hydrogens (tertiary/aromatic N) is 3. The zero-order chi connectivity index (χ0) is 13.7. The highest BCUT2D eigenvalue weighted by atomic mass is 32.2. The van der Waals surface area contributed by atoms with Crippen LogP contribution in [0.25, 0.3) is 0 Å². The molecule has 0 aliphatic heterocycles. The van der Waals surface area contributed by atoms with Gasteiger partial charge < -0.3 is 4.42 Å². The predicted octanol–water partition coefficient (Wildman–Crippen LogP) is 3.22. The molecule has 2 aromatic rings. The monoisotopic (exact) mass is 279 g/mol. The van der Waals surface area contributed by atoms with Crippen molar-refractivity contribution in [3.05, 3.63) is 45.8 Å². The van der Waals surface area contributed by atoms with E-state index in [0.717, 1.165) is 18.4 Å². The molecule has 0 fully saturated rings. The molecule has 0 bridgehead atoms. The second-order valence-electron chi connectivity index (χ2n) is 3.93. The van der Waals surface area contributed by atoms with Crippen LogP contribution in [0.2, 0.25) is 0 Å². The summed E-state index contributed by atoms with van der Waals surface area (Å²) < 4.78 is 5.43. The Hall–Kier alpha value is -1.89. The van der Waals surface area contributed by atoms with Crippen molar-refractivity contribution in [2.24, 2.45) is 0 Å². The molecule has 0 unspecified atom stereocenters. The number of thioether (sulfide) groups is 1. The van der Waals surface area contributed by atoms with Crippen molar-refractivity contribution in [1.82, 2.24) is 10.2 Å². The van der Waals surface area contributed by atoms with Crippen LogP contribution in [0.4, 0.5) is 5.69 Å². The van der Waals surface area contributed by atoms with Crippen LogP contribution in [-0.4, -0.2) is 15.1 Å². The van der Waals surface area contributed by atoms with Crippen LogP contribution >= 0.6 is 11.8 Å². The molecular weight excluding hydrogens is 266 g/mol. The average molecular weight is 279 g/mol. The Kier molecular flexibility index (Phi) is 4.51. The first kappa shape index (κ1) is 13.5. The number of nitro benzene ring substituents is 1. The molecule has 2 rings (SSSR count). The molecule has 0 spiro atoms. The fourth-order valence-corrected chi connectivity index (χ4v) is 2.24. The second-order valence-corrected chi connectivity index (χ2v) is 4.85. The summed E-state index contributed by atoms with van der Waals surface area (Å²) in [5.41, 5.74) is 0.949. The number of hydrogen-bond donors (Lipinski definition) is 0. The molecule has 0 saturated heterocycles. The largest absolute Gasteiger partial charge is 0.416 e. The number of aryl methyl sites for hydroxylation is 1. The van der Waals surface area contributed by atoms with Crippen LogP contribution in [0, 0.1) is 10.1 Å². The first-order valence-corrected chi connectivity index (χ1v) is 6.86. The van der Waals surface area contributed by atoms with E-state index in [0.29, 0.717) is 16.9 Å². The number of rotatable bonds is 6. The maximum absolute atomic E-state index is 10.7. The Morgan fingerprint density at radius 2 is 2.26 bits per heavy atom. The third-order valence-corrected chi connectivity index (χ3v) is 3.29. The minimum Gasteiger partial charge on any atom is -0.416 e. The van der Waals surface area contributed by atoms with Gasteiger partial charge in [0.2, 0.25) is 5.89 Å². The van der Waals surface area contributed by atoms with Gasteiger partial charge in [0, 0.05) is 24.3 Å². The number of nitro groups is 1. The van der Waals surface area contributed by atoms with Gasteiger partial charge in [0.05, 0.1) is 4.92 Å². The van der Waals surface area contributed by atoms with Crippen LogP contribution in [0.5, 0.6) is 0 Å². The lowest BCUT2D eigenvalue weighted by Gasteiger charge is -1.98. The molecule has 19 heavy (non-hydrogen) atoms. The summed E-state index contributed by atoms with van der Waals surface area (Å²) in [5.74, 6) is 1.19. The van der Waals surface area contributed by atoms with E-state index in [2.05, 4.69) is 10.2 Å². The van der Waals surface area contributed by atoms with Gasteiger partial charge in [-0.1, -0.05) is 30.8 Å². The molecule has 1 aromatic carbocycles. The number of non-ortho nitro benzene ring substituents is 1. The molecule has 1 aromatic heterocycles. The zero-order valence-corrected chi connectivity index (χ0v) is 11.2. The number of aromatic nitrogens is 2. The van der Waals surface area contributed by atoms with Gasteiger partial charge in [-0.15, -0.1) is 10.2 Å². The SMILES string of the molecule is CCCc1nnc(SCc2cccc([N+](=O)[O-])c2)o1. The van der Waals surface area contributed by atoms with E-state index in [-0.39, 0.29) is 5.69 Å². The highest BCUT2D eigenvalue weighted by Crippen LogP contribution is 2.23. The lowest BCUT2D eigenvalue weighted by Crippen LogP contribution is -1.89. The summed E-state index contributed by atoms with van der Waals surface area (Å²) in [5, 5.41) is 19.0. The standard InChI is InChI=1S/C12H13N3O3S/c1-2-4-11-13-14-12(18-11)19-8-9-5-3-6-10(7-9)15(16)17/h3,5-7H,2,4,8H2,1H3. The topological polar surface area (TPSA) is 82.1 Å². The van der Waals surface area contributed by atoms with Gasteiger partial charge >= 0.3 is 0 Å². The van der Waals surface area contributed by atoms with E-state index in [1.54, 1.807) is 12.1 Å². The highest BCUT2D eigenvalue weighted by Gasteiger charge is 2.09. The number of benzene rings is 1. The summed E-state index contributed by atoms with van der Waals surface area (Å²) in [6.45, 7) is 2.04. The first-order chi connectivity index (χ1) is 9.19. The normalized spacial score (nSPS) is 10.6. The molecule has 0 saturated carbocycles. The van der Waals surface area contributed by atoms with Crippen molar-refractivity contribution in [1.29, 1.82) is 0 Å². The Labute approximate surface area is 114 Å². The van der Waals surface area contributed by atoms with E-state index < -0.39 is 4.92 Å². The van der Waals surface area contributed by atoms with Crippen molar-refractivity contribution in [2.75, 3.05) is 0 Å². The fourth-order valence-electron chi connectivity index (χ4n) is 1.52. The van der Waals surface area contributed by atoms with Crippen molar-refractivity contribution in [3.8, 4) is 0 Å². The Bertz CT molecular complexity index is 571. The van der Waals surface area contributed by atoms with Crippen LogP contribution in [-0.2, 0) is 12.2 Å². The van der Waals surface area contributed by atoms with Gasteiger partial charge in [0.15, 0.2) is 0 Å². The summed E-state index contributed by atoms with van der Waals surface area (Å²) in [6.07, 6.45) is 1.72. The molecule has 7 heteroatoms. The average Bonchev–Trinajstić information content (AvgIpc) is 2.85. The second kappa shape index (κ2) is 6.33. The van der Waals surface area contributed by atoms with Gasteiger partial charge in [0.1, 0.15) is 0 Å². The van der Waals surface area contributed by atoms with E-state index in [1.807, 2.05) is 13.0 Å². The van der Waals surface area contributed by atoms with E-state index in [4.69, 9.17) is 4.42 Å². The Morgan fingerprint density at radius 1 is 1.42 bits per heavy atom. The van der Waals surface area contributed by atoms with Gasteiger partial charge in [-0.05, 0) is 12.0 Å². The Morgan fingerprint density at radius 3 is 3.00 bits per heavy atom. The molecule has 0 aliphatic rings. The maximum atomic E-state index is 10.7. The molecule has 6 nitrogen and oxygen atoms in total. The molecular formula is C12H13N3O3S. The lowest BCUT2D eigenvalue weighted by atomic mass is 10.2. The molecule has 1 heterocycles. The predicted molar refractivity (Wildman–Crippen MR) is 71.0 cm³/mol. The fraction of sp³-hybridized carbons (Fsp3) is 0.333. The van der Waals surface area contributed by atoms with Crippen molar-refractivity contribution in [3.63, 3.8) is 0 Å². The summed E-state index contributed by atoms with van der Waals surface area (Å²) in [4.78, 5) is 10.3. The van der Waals surface area contributed by atoms with Gasteiger partial charge in [-0.3, -0.25) is 10.1 Å².